The molecule has 0 atom stereocenters. The summed E-state index contributed by atoms with van der Waals surface area (Å²) in [7, 11) is -2.23. The van der Waals surface area contributed by atoms with Gasteiger partial charge in [-0.25, -0.2) is 13.1 Å². The SMILES string of the molecule is COc1cc(C)c(N)cc1S(=O)(=O)NCCOCC1CC1. The number of benzene rings is 1. The molecule has 0 heterocycles. The smallest absolute Gasteiger partial charge is 0.244 e. The van der Waals surface area contributed by atoms with E-state index >= 15 is 0 Å². The lowest BCUT2D eigenvalue weighted by atomic mass is 10.2. The number of sulfonamides is 1. The van der Waals surface area contributed by atoms with E-state index in [0.29, 0.717) is 24.8 Å². The minimum absolute atomic E-state index is 0.0512. The first-order chi connectivity index (χ1) is 9.94. The molecule has 118 valence electrons. The fourth-order valence-corrected chi connectivity index (χ4v) is 3.10. The van der Waals surface area contributed by atoms with Crippen molar-refractivity contribution >= 4 is 15.7 Å². The number of aryl methyl sites for hydroxylation is 1. The van der Waals surface area contributed by atoms with Gasteiger partial charge in [0.1, 0.15) is 10.6 Å². The third kappa shape index (κ3) is 4.33. The molecular formula is C14H22N2O4S. The molecule has 0 unspecified atom stereocenters. The van der Waals surface area contributed by atoms with Gasteiger partial charge >= 0.3 is 0 Å². The highest BCUT2D eigenvalue weighted by atomic mass is 32.2. The monoisotopic (exact) mass is 314 g/mol. The predicted molar refractivity (Wildman–Crippen MR) is 80.9 cm³/mol. The number of ether oxygens (including phenoxy) is 2. The van der Waals surface area contributed by atoms with E-state index < -0.39 is 10.0 Å². The van der Waals surface area contributed by atoms with Gasteiger partial charge in [-0.2, -0.15) is 0 Å². The van der Waals surface area contributed by atoms with Gasteiger partial charge in [-0.05, 0) is 43.4 Å². The fraction of sp³-hybridized carbons (Fsp3) is 0.571. The van der Waals surface area contributed by atoms with E-state index in [1.807, 2.05) is 0 Å². The van der Waals surface area contributed by atoms with Crippen LogP contribution >= 0.6 is 0 Å². The zero-order valence-corrected chi connectivity index (χ0v) is 13.2. The van der Waals surface area contributed by atoms with Gasteiger partial charge in [0.25, 0.3) is 0 Å². The highest BCUT2D eigenvalue weighted by Crippen LogP contribution is 2.29. The van der Waals surface area contributed by atoms with Crippen LogP contribution in [0.1, 0.15) is 18.4 Å². The average molecular weight is 314 g/mol. The zero-order chi connectivity index (χ0) is 15.5. The molecule has 0 aliphatic heterocycles. The maximum absolute atomic E-state index is 12.3. The standard InChI is InChI=1S/C14H22N2O4S/c1-10-7-13(19-2)14(8-12(10)15)21(17,18)16-5-6-20-9-11-3-4-11/h7-8,11,16H,3-6,9,15H2,1-2H3. The Morgan fingerprint density at radius 1 is 1.38 bits per heavy atom. The van der Waals surface area contributed by atoms with Crippen LogP contribution in [0.4, 0.5) is 5.69 Å². The molecule has 7 heteroatoms. The van der Waals surface area contributed by atoms with Crippen LogP contribution < -0.4 is 15.2 Å². The summed E-state index contributed by atoms with van der Waals surface area (Å²) in [5, 5.41) is 0. The molecule has 1 fully saturated rings. The second-order valence-electron chi connectivity index (χ2n) is 5.28. The molecule has 0 radical (unpaired) electrons. The topological polar surface area (TPSA) is 90.7 Å². The third-order valence-corrected chi connectivity index (χ3v) is 4.91. The highest BCUT2D eigenvalue weighted by molar-refractivity contribution is 7.89. The summed E-state index contributed by atoms with van der Waals surface area (Å²) in [5.41, 5.74) is 6.98. The van der Waals surface area contributed by atoms with Crippen molar-refractivity contribution in [3.8, 4) is 5.75 Å². The van der Waals surface area contributed by atoms with Crippen LogP contribution in [0.3, 0.4) is 0 Å². The van der Waals surface area contributed by atoms with Crippen molar-refractivity contribution in [1.29, 1.82) is 0 Å². The van der Waals surface area contributed by atoms with Crippen molar-refractivity contribution in [2.24, 2.45) is 5.92 Å². The van der Waals surface area contributed by atoms with E-state index in [4.69, 9.17) is 15.2 Å². The van der Waals surface area contributed by atoms with Gasteiger partial charge in [0.2, 0.25) is 10.0 Å². The van der Waals surface area contributed by atoms with Crippen molar-refractivity contribution in [1.82, 2.24) is 4.72 Å². The number of nitrogens with one attached hydrogen (secondary N) is 1. The molecule has 0 amide bonds. The van der Waals surface area contributed by atoms with Crippen LogP contribution in [0.2, 0.25) is 0 Å². The molecule has 0 bridgehead atoms. The Labute approximate surface area is 125 Å². The maximum Gasteiger partial charge on any atom is 0.244 e. The lowest BCUT2D eigenvalue weighted by Gasteiger charge is -2.13. The summed E-state index contributed by atoms with van der Waals surface area (Å²) >= 11 is 0. The van der Waals surface area contributed by atoms with Crippen LogP contribution in [0, 0.1) is 12.8 Å². The minimum Gasteiger partial charge on any atom is -0.495 e. The Bertz CT molecular complexity index is 597. The van der Waals surface area contributed by atoms with Gasteiger partial charge in [-0.3, -0.25) is 0 Å². The van der Waals surface area contributed by atoms with E-state index in [9.17, 15) is 8.42 Å². The Morgan fingerprint density at radius 2 is 2.10 bits per heavy atom. The third-order valence-electron chi connectivity index (χ3n) is 3.43. The van der Waals surface area contributed by atoms with Crippen molar-refractivity contribution in [2.75, 3.05) is 32.6 Å². The molecule has 0 saturated heterocycles. The molecule has 1 saturated carbocycles. The number of nitrogen functional groups attached to an aromatic ring is 1. The molecule has 21 heavy (non-hydrogen) atoms. The Morgan fingerprint density at radius 3 is 2.71 bits per heavy atom. The molecule has 1 aromatic rings. The van der Waals surface area contributed by atoms with Gasteiger partial charge in [0.15, 0.2) is 0 Å². The molecule has 1 aliphatic carbocycles. The predicted octanol–water partition coefficient (Wildman–Crippen LogP) is 1.29. The van der Waals surface area contributed by atoms with Crippen LogP contribution in [0.5, 0.6) is 5.75 Å². The van der Waals surface area contributed by atoms with Crippen LogP contribution in [0.15, 0.2) is 17.0 Å². The summed E-state index contributed by atoms with van der Waals surface area (Å²) in [6.45, 7) is 3.10. The number of anilines is 1. The van der Waals surface area contributed by atoms with Crippen molar-refractivity contribution in [2.45, 2.75) is 24.7 Å². The molecule has 6 nitrogen and oxygen atoms in total. The van der Waals surface area contributed by atoms with Crippen molar-refractivity contribution < 1.29 is 17.9 Å². The summed E-state index contributed by atoms with van der Waals surface area (Å²) in [5.74, 6) is 0.951. The Balaban J connectivity index is 1.98. The first kappa shape index (κ1) is 16.1. The lowest BCUT2D eigenvalue weighted by molar-refractivity contribution is 0.129. The van der Waals surface area contributed by atoms with E-state index in [-0.39, 0.29) is 17.2 Å². The first-order valence-electron chi connectivity index (χ1n) is 6.95. The molecule has 0 spiro atoms. The normalized spacial score (nSPS) is 15.1. The minimum atomic E-state index is -3.66. The second-order valence-corrected chi connectivity index (χ2v) is 7.01. The lowest BCUT2D eigenvalue weighted by Crippen LogP contribution is -2.28. The molecule has 3 N–H and O–H groups in total. The average Bonchev–Trinajstić information content (AvgIpc) is 3.25. The van der Waals surface area contributed by atoms with E-state index in [1.165, 1.54) is 26.0 Å². The van der Waals surface area contributed by atoms with E-state index in [0.717, 1.165) is 5.56 Å². The van der Waals surface area contributed by atoms with Crippen molar-refractivity contribution in [3.05, 3.63) is 17.7 Å². The number of nitrogens with two attached hydrogens (primary N) is 1. The largest absolute Gasteiger partial charge is 0.495 e. The molecule has 1 aromatic carbocycles. The van der Waals surface area contributed by atoms with E-state index in [1.54, 1.807) is 13.0 Å². The number of rotatable bonds is 8. The Hall–Kier alpha value is -1.31. The number of hydrogen-bond donors (Lipinski definition) is 2. The molecule has 2 rings (SSSR count). The quantitative estimate of drug-likeness (QED) is 0.557. The Kier molecular flexibility index (Phi) is 5.08. The fourth-order valence-electron chi connectivity index (χ4n) is 1.91. The number of methoxy groups -OCH3 is 1. The summed E-state index contributed by atoms with van der Waals surface area (Å²) in [6, 6.07) is 3.04. The molecular weight excluding hydrogens is 292 g/mol. The van der Waals surface area contributed by atoms with E-state index in [2.05, 4.69) is 4.72 Å². The van der Waals surface area contributed by atoms with Crippen LogP contribution in [0.25, 0.3) is 0 Å². The summed E-state index contributed by atoms with van der Waals surface area (Å²) < 4.78 is 37.6. The van der Waals surface area contributed by atoms with Gasteiger partial charge in [-0.1, -0.05) is 0 Å². The van der Waals surface area contributed by atoms with Gasteiger partial charge in [0.05, 0.1) is 13.7 Å². The van der Waals surface area contributed by atoms with Crippen LogP contribution in [-0.2, 0) is 14.8 Å². The highest BCUT2D eigenvalue weighted by Gasteiger charge is 2.22. The molecule has 0 aromatic heterocycles. The zero-order valence-electron chi connectivity index (χ0n) is 12.4. The summed E-state index contributed by atoms with van der Waals surface area (Å²) in [6.07, 6.45) is 2.43. The van der Waals surface area contributed by atoms with Gasteiger partial charge < -0.3 is 15.2 Å². The van der Waals surface area contributed by atoms with Gasteiger partial charge in [0, 0.05) is 18.8 Å². The second kappa shape index (κ2) is 6.64. The first-order valence-corrected chi connectivity index (χ1v) is 8.44. The summed E-state index contributed by atoms with van der Waals surface area (Å²) in [4.78, 5) is 0.0512. The number of hydrogen-bond acceptors (Lipinski definition) is 5. The maximum atomic E-state index is 12.3. The van der Waals surface area contributed by atoms with Crippen molar-refractivity contribution in [3.63, 3.8) is 0 Å². The van der Waals surface area contributed by atoms with Crippen LogP contribution in [-0.4, -0.2) is 35.3 Å². The molecule has 1 aliphatic rings. The van der Waals surface area contributed by atoms with Gasteiger partial charge in [-0.15, -0.1) is 0 Å².